The number of rotatable bonds is 5. The molecule has 1 aliphatic rings. The molecule has 0 aliphatic heterocycles. The number of benzene rings is 1. The van der Waals surface area contributed by atoms with Gasteiger partial charge in [0.1, 0.15) is 0 Å². The summed E-state index contributed by atoms with van der Waals surface area (Å²) in [5.74, 6) is 0.976. The van der Waals surface area contributed by atoms with Crippen molar-refractivity contribution in [2.75, 3.05) is 6.54 Å². The van der Waals surface area contributed by atoms with Crippen molar-refractivity contribution in [1.82, 2.24) is 5.32 Å². The molecule has 0 saturated heterocycles. The van der Waals surface area contributed by atoms with Crippen molar-refractivity contribution in [2.24, 2.45) is 5.92 Å². The van der Waals surface area contributed by atoms with E-state index in [1.165, 1.54) is 60.8 Å². The summed E-state index contributed by atoms with van der Waals surface area (Å²) in [6, 6.07) is 5.16. The van der Waals surface area contributed by atoms with Crippen LogP contribution in [0.5, 0.6) is 0 Å². The van der Waals surface area contributed by atoms with Crippen LogP contribution < -0.4 is 5.32 Å². The van der Waals surface area contributed by atoms with Gasteiger partial charge >= 0.3 is 0 Å². The molecule has 1 aromatic rings. The van der Waals surface area contributed by atoms with E-state index in [0.717, 1.165) is 12.5 Å². The summed E-state index contributed by atoms with van der Waals surface area (Å²) in [7, 11) is 0. The van der Waals surface area contributed by atoms with E-state index >= 15 is 0 Å². The lowest BCUT2D eigenvalue weighted by molar-refractivity contribution is 0.329. The topological polar surface area (TPSA) is 12.0 Å². The van der Waals surface area contributed by atoms with Gasteiger partial charge in [0.25, 0.3) is 0 Å². The minimum atomic E-state index is 0.470. The van der Waals surface area contributed by atoms with Crippen LogP contribution in [0.25, 0.3) is 0 Å². The number of nitrogens with one attached hydrogen (secondary N) is 1. The molecule has 1 fully saturated rings. The SMILES string of the molecule is Cc1cc(C)c(C(C)NCCC2CCCCC2)cc1C. The van der Waals surface area contributed by atoms with Gasteiger partial charge < -0.3 is 5.32 Å². The van der Waals surface area contributed by atoms with Crippen molar-refractivity contribution >= 4 is 0 Å². The minimum Gasteiger partial charge on any atom is -0.310 e. The first-order valence-corrected chi connectivity index (χ1v) is 8.39. The highest BCUT2D eigenvalue weighted by atomic mass is 14.9. The van der Waals surface area contributed by atoms with Gasteiger partial charge in [-0.05, 0) is 68.8 Å². The summed E-state index contributed by atoms with van der Waals surface area (Å²) in [6.07, 6.45) is 8.64. The van der Waals surface area contributed by atoms with Gasteiger partial charge in [-0.25, -0.2) is 0 Å². The van der Waals surface area contributed by atoms with E-state index in [2.05, 4.69) is 45.1 Å². The molecule has 1 heteroatoms. The molecule has 0 aromatic heterocycles. The predicted molar refractivity (Wildman–Crippen MR) is 88.3 cm³/mol. The Morgan fingerprint density at radius 2 is 1.65 bits per heavy atom. The van der Waals surface area contributed by atoms with Crippen LogP contribution in [-0.4, -0.2) is 6.54 Å². The third-order valence-corrected chi connectivity index (χ3v) is 5.08. The molecule has 1 aromatic carbocycles. The van der Waals surface area contributed by atoms with E-state index in [4.69, 9.17) is 0 Å². The second-order valence-electron chi connectivity index (χ2n) is 6.76. The van der Waals surface area contributed by atoms with Crippen LogP contribution in [0.4, 0.5) is 0 Å². The summed E-state index contributed by atoms with van der Waals surface area (Å²) >= 11 is 0. The van der Waals surface area contributed by atoms with E-state index in [-0.39, 0.29) is 0 Å². The third-order valence-electron chi connectivity index (χ3n) is 5.08. The Morgan fingerprint density at radius 1 is 1.00 bits per heavy atom. The van der Waals surface area contributed by atoms with Gasteiger partial charge in [0.15, 0.2) is 0 Å². The Labute approximate surface area is 125 Å². The average Bonchev–Trinajstić information content (AvgIpc) is 2.44. The average molecular weight is 273 g/mol. The van der Waals surface area contributed by atoms with Crippen LogP contribution in [-0.2, 0) is 0 Å². The fourth-order valence-electron chi connectivity index (χ4n) is 3.54. The maximum absolute atomic E-state index is 3.73. The lowest BCUT2D eigenvalue weighted by atomic mass is 9.87. The molecule has 1 atom stereocenters. The molecule has 0 amide bonds. The first-order valence-electron chi connectivity index (χ1n) is 8.39. The fraction of sp³-hybridized carbons (Fsp3) is 0.684. The Hall–Kier alpha value is -0.820. The van der Waals surface area contributed by atoms with Crippen molar-refractivity contribution in [2.45, 2.75) is 72.3 Å². The molecule has 2 rings (SSSR count). The molecule has 0 radical (unpaired) electrons. The minimum absolute atomic E-state index is 0.470. The van der Waals surface area contributed by atoms with Crippen LogP contribution in [0.2, 0.25) is 0 Å². The van der Waals surface area contributed by atoms with Gasteiger partial charge in [-0.2, -0.15) is 0 Å². The summed E-state index contributed by atoms with van der Waals surface area (Å²) in [6.45, 7) is 10.1. The van der Waals surface area contributed by atoms with E-state index in [1.54, 1.807) is 0 Å². The Kier molecular flexibility index (Phi) is 5.65. The zero-order chi connectivity index (χ0) is 14.5. The monoisotopic (exact) mass is 273 g/mol. The molecule has 1 aliphatic carbocycles. The maximum atomic E-state index is 3.73. The summed E-state index contributed by atoms with van der Waals surface area (Å²) in [5.41, 5.74) is 5.70. The highest BCUT2D eigenvalue weighted by Crippen LogP contribution is 2.26. The normalized spacial score (nSPS) is 18.2. The zero-order valence-corrected chi connectivity index (χ0v) is 13.8. The van der Waals surface area contributed by atoms with Gasteiger partial charge in [0.05, 0.1) is 0 Å². The first-order chi connectivity index (χ1) is 9.58. The molecule has 1 saturated carbocycles. The van der Waals surface area contributed by atoms with Crippen molar-refractivity contribution < 1.29 is 0 Å². The molecule has 0 spiro atoms. The zero-order valence-electron chi connectivity index (χ0n) is 13.8. The Balaban J connectivity index is 1.85. The second-order valence-corrected chi connectivity index (χ2v) is 6.76. The first kappa shape index (κ1) is 15.6. The van der Waals surface area contributed by atoms with E-state index < -0.39 is 0 Å². The lowest BCUT2D eigenvalue weighted by Crippen LogP contribution is -2.23. The Morgan fingerprint density at radius 3 is 2.35 bits per heavy atom. The molecule has 1 nitrogen and oxygen atoms in total. The molecule has 0 bridgehead atoms. The highest BCUT2D eigenvalue weighted by Gasteiger charge is 2.14. The van der Waals surface area contributed by atoms with Crippen LogP contribution in [0.1, 0.15) is 73.7 Å². The van der Waals surface area contributed by atoms with E-state index in [0.29, 0.717) is 6.04 Å². The quantitative estimate of drug-likeness (QED) is 0.774. The molecule has 112 valence electrons. The van der Waals surface area contributed by atoms with Gasteiger partial charge in [-0.1, -0.05) is 44.2 Å². The molecule has 0 heterocycles. The summed E-state index contributed by atoms with van der Waals surface area (Å²) in [4.78, 5) is 0. The van der Waals surface area contributed by atoms with Crippen molar-refractivity contribution in [3.8, 4) is 0 Å². The van der Waals surface area contributed by atoms with Crippen LogP contribution in [0, 0.1) is 26.7 Å². The number of hydrogen-bond acceptors (Lipinski definition) is 1. The highest BCUT2D eigenvalue weighted by molar-refractivity contribution is 5.37. The molecule has 20 heavy (non-hydrogen) atoms. The molecular formula is C19H31N. The van der Waals surface area contributed by atoms with Crippen molar-refractivity contribution in [1.29, 1.82) is 0 Å². The van der Waals surface area contributed by atoms with Crippen LogP contribution in [0.3, 0.4) is 0 Å². The maximum Gasteiger partial charge on any atom is 0.0294 e. The summed E-state index contributed by atoms with van der Waals surface area (Å²) < 4.78 is 0. The van der Waals surface area contributed by atoms with E-state index in [9.17, 15) is 0 Å². The van der Waals surface area contributed by atoms with Gasteiger partial charge in [0, 0.05) is 6.04 Å². The Bertz CT molecular complexity index is 430. The van der Waals surface area contributed by atoms with E-state index in [1.807, 2.05) is 0 Å². The largest absolute Gasteiger partial charge is 0.310 e. The summed E-state index contributed by atoms with van der Waals surface area (Å²) in [5, 5.41) is 3.73. The van der Waals surface area contributed by atoms with Crippen molar-refractivity contribution in [3.63, 3.8) is 0 Å². The standard InChI is InChI=1S/C19H31N/c1-14-12-16(3)19(13-15(14)2)17(4)20-11-10-18-8-6-5-7-9-18/h12-13,17-18,20H,5-11H2,1-4H3. The third kappa shape index (κ3) is 4.09. The molecule has 1 N–H and O–H groups in total. The molecule has 1 unspecified atom stereocenters. The molecular weight excluding hydrogens is 242 g/mol. The van der Waals surface area contributed by atoms with Gasteiger partial charge in [-0.3, -0.25) is 0 Å². The van der Waals surface area contributed by atoms with Crippen LogP contribution >= 0.6 is 0 Å². The van der Waals surface area contributed by atoms with Gasteiger partial charge in [-0.15, -0.1) is 0 Å². The number of hydrogen-bond donors (Lipinski definition) is 1. The predicted octanol–water partition coefficient (Wildman–Crippen LogP) is 5.23. The second kappa shape index (κ2) is 7.26. The lowest BCUT2D eigenvalue weighted by Gasteiger charge is -2.23. The smallest absolute Gasteiger partial charge is 0.0294 e. The van der Waals surface area contributed by atoms with Crippen LogP contribution in [0.15, 0.2) is 12.1 Å². The fourth-order valence-corrected chi connectivity index (χ4v) is 3.54. The van der Waals surface area contributed by atoms with Crippen molar-refractivity contribution in [3.05, 3.63) is 34.4 Å². The number of aryl methyl sites for hydroxylation is 3. The van der Waals surface area contributed by atoms with Gasteiger partial charge in [0.2, 0.25) is 0 Å².